The first-order chi connectivity index (χ1) is 8.86. The van der Waals surface area contributed by atoms with Crippen molar-refractivity contribution in [3.63, 3.8) is 0 Å². The molecule has 4 nitrogen and oxygen atoms in total. The maximum Gasteiger partial charge on any atom is 0.128 e. The molecule has 1 aliphatic heterocycles. The summed E-state index contributed by atoms with van der Waals surface area (Å²) in [5, 5.41) is 10.4. The lowest BCUT2D eigenvalue weighted by atomic mass is 9.93. The maximum absolute atomic E-state index is 10.4. The average molecular weight is 242 g/mol. The third-order valence-corrected chi connectivity index (χ3v) is 3.20. The van der Waals surface area contributed by atoms with Gasteiger partial charge < -0.3 is 9.84 Å². The lowest BCUT2D eigenvalue weighted by Crippen LogP contribution is -2.22. The van der Waals surface area contributed by atoms with Gasteiger partial charge >= 0.3 is 0 Å². The minimum Gasteiger partial charge on any atom is -0.384 e. The Balaban J connectivity index is 1.94. The van der Waals surface area contributed by atoms with Gasteiger partial charge in [0.15, 0.2) is 0 Å². The molecule has 0 spiro atoms. The van der Waals surface area contributed by atoms with Crippen molar-refractivity contribution in [3.8, 4) is 0 Å². The van der Waals surface area contributed by atoms with Gasteiger partial charge in [0.2, 0.25) is 0 Å². The molecule has 0 fully saturated rings. The molecule has 0 saturated carbocycles. The number of rotatable bonds is 2. The quantitative estimate of drug-likeness (QED) is 0.872. The van der Waals surface area contributed by atoms with Crippen molar-refractivity contribution in [2.45, 2.75) is 18.6 Å². The summed E-state index contributed by atoms with van der Waals surface area (Å²) in [6.07, 6.45) is 4.50. The molecular formula is C14H14N2O2. The number of hydrogen-bond donors (Lipinski definition) is 1. The fourth-order valence-electron chi connectivity index (χ4n) is 2.30. The van der Waals surface area contributed by atoms with Gasteiger partial charge in [0.25, 0.3) is 0 Å². The summed E-state index contributed by atoms with van der Waals surface area (Å²) in [5.41, 5.74) is 2.82. The van der Waals surface area contributed by atoms with Gasteiger partial charge in [-0.2, -0.15) is 0 Å². The van der Waals surface area contributed by atoms with E-state index < -0.39 is 6.10 Å². The fourth-order valence-corrected chi connectivity index (χ4v) is 2.30. The van der Waals surface area contributed by atoms with E-state index in [9.17, 15) is 5.11 Å². The van der Waals surface area contributed by atoms with Crippen LogP contribution in [-0.2, 0) is 11.2 Å². The van der Waals surface area contributed by atoms with E-state index >= 15 is 0 Å². The monoisotopic (exact) mass is 242 g/mol. The van der Waals surface area contributed by atoms with Crippen LogP contribution in [0.4, 0.5) is 0 Å². The number of nitrogens with zero attached hydrogens (tertiary/aromatic N) is 2. The number of hydrogen-bond acceptors (Lipinski definition) is 4. The van der Waals surface area contributed by atoms with Crippen molar-refractivity contribution in [2.24, 2.45) is 0 Å². The zero-order valence-corrected chi connectivity index (χ0v) is 9.86. The second-order valence-corrected chi connectivity index (χ2v) is 4.32. The second-order valence-electron chi connectivity index (χ2n) is 4.32. The molecule has 0 radical (unpaired) electrons. The van der Waals surface area contributed by atoms with E-state index in [-0.39, 0.29) is 6.10 Å². The molecule has 1 aromatic heterocycles. The molecule has 2 atom stereocenters. The third kappa shape index (κ3) is 2.00. The third-order valence-electron chi connectivity index (χ3n) is 3.20. The summed E-state index contributed by atoms with van der Waals surface area (Å²) >= 11 is 0. The lowest BCUT2D eigenvalue weighted by molar-refractivity contribution is -0.0501. The normalized spacial score (nSPS) is 20.2. The van der Waals surface area contributed by atoms with Crippen LogP contribution >= 0.6 is 0 Å². The fraction of sp³-hybridized carbons (Fsp3) is 0.286. The standard InChI is InChI=1S/C14H14N2O2/c17-13(12-9-15-6-7-16-12)14-11-4-2-1-3-10(11)5-8-18-14/h1-4,6-7,9,13-14,17H,5,8H2. The van der Waals surface area contributed by atoms with Gasteiger partial charge in [0.1, 0.15) is 12.2 Å². The zero-order chi connectivity index (χ0) is 12.4. The summed E-state index contributed by atoms with van der Waals surface area (Å²) in [5.74, 6) is 0. The molecule has 1 aromatic carbocycles. The molecule has 3 rings (SSSR count). The van der Waals surface area contributed by atoms with Gasteiger partial charge in [0.05, 0.1) is 18.5 Å². The zero-order valence-electron chi connectivity index (χ0n) is 9.86. The van der Waals surface area contributed by atoms with E-state index in [1.807, 2.05) is 18.2 Å². The molecule has 0 aliphatic carbocycles. The molecule has 0 bridgehead atoms. The predicted octanol–water partition coefficient (Wildman–Crippen LogP) is 1.82. The van der Waals surface area contributed by atoms with Crippen molar-refractivity contribution in [2.75, 3.05) is 6.61 Å². The Labute approximate surface area is 105 Å². The molecule has 2 heterocycles. The molecule has 1 aliphatic rings. The van der Waals surface area contributed by atoms with E-state index in [2.05, 4.69) is 16.0 Å². The van der Waals surface area contributed by atoms with E-state index in [0.717, 1.165) is 12.0 Å². The minimum absolute atomic E-state index is 0.355. The van der Waals surface area contributed by atoms with Crippen molar-refractivity contribution in [1.82, 2.24) is 9.97 Å². The van der Waals surface area contributed by atoms with Crippen molar-refractivity contribution in [1.29, 1.82) is 0 Å². The van der Waals surface area contributed by atoms with Crippen LogP contribution in [0.25, 0.3) is 0 Å². The molecule has 2 unspecified atom stereocenters. The van der Waals surface area contributed by atoms with Gasteiger partial charge in [-0.3, -0.25) is 9.97 Å². The molecular weight excluding hydrogens is 228 g/mol. The smallest absolute Gasteiger partial charge is 0.128 e. The molecule has 18 heavy (non-hydrogen) atoms. The Bertz CT molecular complexity index is 530. The first kappa shape index (κ1) is 11.3. The SMILES string of the molecule is OC(c1cnccn1)C1OCCc2ccccc21. The minimum atomic E-state index is -0.778. The van der Waals surface area contributed by atoms with Gasteiger partial charge in [-0.1, -0.05) is 24.3 Å². The molecule has 92 valence electrons. The highest BCUT2D eigenvalue weighted by molar-refractivity contribution is 5.32. The number of aliphatic hydroxyl groups is 1. The first-order valence-electron chi connectivity index (χ1n) is 5.99. The first-order valence-corrected chi connectivity index (χ1v) is 5.99. The van der Waals surface area contributed by atoms with E-state index in [0.29, 0.717) is 12.3 Å². The van der Waals surface area contributed by atoms with E-state index in [4.69, 9.17) is 4.74 Å². The molecule has 4 heteroatoms. The highest BCUT2D eigenvalue weighted by Gasteiger charge is 2.29. The highest BCUT2D eigenvalue weighted by Crippen LogP contribution is 2.35. The summed E-state index contributed by atoms with van der Waals surface area (Å²) in [7, 11) is 0. The van der Waals surface area contributed by atoms with Crippen LogP contribution in [0, 0.1) is 0 Å². The van der Waals surface area contributed by atoms with Crippen LogP contribution in [0.1, 0.15) is 29.0 Å². The van der Waals surface area contributed by atoms with Gasteiger partial charge in [0, 0.05) is 12.4 Å². The molecule has 2 aromatic rings. The van der Waals surface area contributed by atoms with Crippen molar-refractivity contribution in [3.05, 3.63) is 59.7 Å². The Morgan fingerprint density at radius 3 is 3.00 bits per heavy atom. The molecule has 0 saturated heterocycles. The van der Waals surface area contributed by atoms with Gasteiger partial charge in [-0.05, 0) is 17.5 Å². The van der Waals surface area contributed by atoms with E-state index in [1.165, 1.54) is 5.56 Å². The predicted molar refractivity (Wildman–Crippen MR) is 65.8 cm³/mol. The van der Waals surface area contributed by atoms with Crippen LogP contribution in [0.15, 0.2) is 42.9 Å². The number of ether oxygens (including phenoxy) is 1. The van der Waals surface area contributed by atoms with Crippen LogP contribution < -0.4 is 0 Å². The van der Waals surface area contributed by atoms with Crippen LogP contribution in [0.2, 0.25) is 0 Å². The second kappa shape index (κ2) is 4.84. The number of aromatic nitrogens is 2. The summed E-state index contributed by atoms with van der Waals surface area (Å²) in [6.45, 7) is 0.624. The van der Waals surface area contributed by atoms with Crippen molar-refractivity contribution < 1.29 is 9.84 Å². The number of benzene rings is 1. The van der Waals surface area contributed by atoms with Crippen LogP contribution in [0.3, 0.4) is 0 Å². The number of aliphatic hydroxyl groups excluding tert-OH is 1. The summed E-state index contributed by atoms with van der Waals surface area (Å²) < 4.78 is 5.70. The summed E-state index contributed by atoms with van der Waals surface area (Å²) in [6, 6.07) is 8.05. The van der Waals surface area contributed by atoms with Gasteiger partial charge in [-0.15, -0.1) is 0 Å². The maximum atomic E-state index is 10.4. The summed E-state index contributed by atoms with van der Waals surface area (Å²) in [4.78, 5) is 8.11. The highest BCUT2D eigenvalue weighted by atomic mass is 16.5. The Hall–Kier alpha value is -1.78. The molecule has 1 N–H and O–H groups in total. The average Bonchev–Trinajstić information content (AvgIpc) is 2.47. The Morgan fingerprint density at radius 1 is 1.28 bits per heavy atom. The lowest BCUT2D eigenvalue weighted by Gasteiger charge is -2.29. The largest absolute Gasteiger partial charge is 0.384 e. The van der Waals surface area contributed by atoms with E-state index in [1.54, 1.807) is 18.6 Å². The molecule has 0 amide bonds. The Morgan fingerprint density at radius 2 is 2.17 bits per heavy atom. The Kier molecular flexibility index (Phi) is 3.04. The topological polar surface area (TPSA) is 55.2 Å². The van der Waals surface area contributed by atoms with Crippen LogP contribution in [0.5, 0.6) is 0 Å². The van der Waals surface area contributed by atoms with Crippen LogP contribution in [-0.4, -0.2) is 21.7 Å². The number of fused-ring (bicyclic) bond motifs is 1. The van der Waals surface area contributed by atoms with Gasteiger partial charge in [-0.25, -0.2) is 0 Å². The van der Waals surface area contributed by atoms with Crippen molar-refractivity contribution >= 4 is 0 Å².